The van der Waals surface area contributed by atoms with Crippen LogP contribution in [0.25, 0.3) is 0 Å². The summed E-state index contributed by atoms with van der Waals surface area (Å²) in [4.78, 5) is 12.2. The zero-order valence-electron chi connectivity index (χ0n) is 14.8. The van der Waals surface area contributed by atoms with Crippen LogP contribution >= 0.6 is 11.6 Å². The van der Waals surface area contributed by atoms with E-state index >= 15 is 0 Å². The first-order valence-electron chi connectivity index (χ1n) is 7.58. The fraction of sp³-hybridized carbons (Fsp3) is 0.588. The molecule has 6 nitrogen and oxygen atoms in total. The molecule has 0 saturated heterocycles. The Hall–Kier alpha value is -1.18. The summed E-state index contributed by atoms with van der Waals surface area (Å²) in [6.45, 7) is 2.01. The summed E-state index contributed by atoms with van der Waals surface area (Å²) in [6.07, 6.45) is 0.998. The van der Waals surface area contributed by atoms with E-state index in [0.717, 1.165) is 0 Å². The molecule has 136 valence electrons. The minimum atomic E-state index is -0.972. The number of benzene rings is 1. The topological polar surface area (TPSA) is 66.0 Å². The molecule has 0 saturated carbocycles. The first kappa shape index (κ1) is 20.9. The van der Waals surface area contributed by atoms with E-state index < -0.39 is 11.6 Å². The Morgan fingerprint density at radius 2 is 1.54 bits per heavy atom. The molecule has 0 aliphatic heterocycles. The van der Waals surface area contributed by atoms with Gasteiger partial charge in [-0.05, 0) is 31.2 Å². The van der Waals surface area contributed by atoms with E-state index in [4.69, 9.17) is 30.5 Å². The Morgan fingerprint density at radius 1 is 1.00 bits per heavy atom. The van der Waals surface area contributed by atoms with Gasteiger partial charge in [-0.1, -0.05) is 11.6 Å². The number of carbonyl (C=O) groups excluding carboxylic acids is 1. The van der Waals surface area contributed by atoms with Gasteiger partial charge in [-0.3, -0.25) is 4.79 Å². The molecule has 0 heterocycles. The summed E-state index contributed by atoms with van der Waals surface area (Å²) in [5, 5.41) is 3.40. The van der Waals surface area contributed by atoms with Gasteiger partial charge in [0.1, 0.15) is 0 Å². The normalized spacial score (nSPS) is 12.2. The summed E-state index contributed by atoms with van der Waals surface area (Å²) in [5.74, 6) is -1.95. The second-order valence-corrected chi connectivity index (χ2v) is 5.99. The molecule has 7 heteroatoms. The highest BCUT2D eigenvalue weighted by Gasteiger charge is 2.34. The molecule has 1 N–H and O–H groups in total. The van der Waals surface area contributed by atoms with Crippen molar-refractivity contribution in [3.05, 3.63) is 34.9 Å². The molecule has 0 radical (unpaired) electrons. The molecule has 0 spiro atoms. The maximum absolute atomic E-state index is 12.2. The quantitative estimate of drug-likeness (QED) is 0.651. The Labute approximate surface area is 148 Å². The maximum Gasteiger partial charge on any atom is 0.251 e. The molecule has 1 aromatic carbocycles. The summed E-state index contributed by atoms with van der Waals surface area (Å²) in [6, 6.07) is 6.65. The van der Waals surface area contributed by atoms with E-state index in [1.54, 1.807) is 38.5 Å². The number of rotatable bonds is 10. The van der Waals surface area contributed by atoms with E-state index in [9.17, 15) is 4.79 Å². The summed E-state index contributed by atoms with van der Waals surface area (Å²) >= 11 is 5.83. The van der Waals surface area contributed by atoms with Crippen LogP contribution in [0.1, 0.15) is 30.1 Å². The number of methoxy groups -OCH3 is 4. The lowest BCUT2D eigenvalue weighted by molar-refractivity contribution is -0.239. The van der Waals surface area contributed by atoms with Crippen LogP contribution in [0.3, 0.4) is 0 Å². The van der Waals surface area contributed by atoms with Gasteiger partial charge in [0.2, 0.25) is 0 Å². The highest BCUT2D eigenvalue weighted by Crippen LogP contribution is 2.25. The fourth-order valence-electron chi connectivity index (χ4n) is 2.14. The van der Waals surface area contributed by atoms with Crippen molar-refractivity contribution in [2.24, 2.45) is 0 Å². The highest BCUT2D eigenvalue weighted by molar-refractivity contribution is 6.30. The lowest BCUT2D eigenvalue weighted by Gasteiger charge is -2.35. The molecule has 0 aromatic heterocycles. The van der Waals surface area contributed by atoms with Gasteiger partial charge in [-0.2, -0.15) is 0 Å². The number of halogens is 1. The van der Waals surface area contributed by atoms with Crippen molar-refractivity contribution in [2.45, 2.75) is 31.3 Å². The van der Waals surface area contributed by atoms with Gasteiger partial charge in [-0.15, -0.1) is 0 Å². The van der Waals surface area contributed by atoms with E-state index in [-0.39, 0.29) is 12.5 Å². The van der Waals surface area contributed by atoms with Crippen LogP contribution in [0.15, 0.2) is 24.3 Å². The smallest absolute Gasteiger partial charge is 0.251 e. The predicted octanol–water partition coefficient (Wildman–Crippen LogP) is 2.85. The summed E-state index contributed by atoms with van der Waals surface area (Å²) < 4.78 is 21.7. The van der Waals surface area contributed by atoms with Crippen molar-refractivity contribution in [2.75, 3.05) is 35.0 Å². The number of hydrogen-bond donors (Lipinski definition) is 1. The third-order valence-corrected chi connectivity index (χ3v) is 4.44. The van der Waals surface area contributed by atoms with Gasteiger partial charge >= 0.3 is 0 Å². The van der Waals surface area contributed by atoms with Crippen LogP contribution in [-0.2, 0) is 18.9 Å². The molecule has 0 aliphatic carbocycles. The van der Waals surface area contributed by atoms with Gasteiger partial charge in [0.15, 0.2) is 11.6 Å². The van der Waals surface area contributed by atoms with E-state index in [2.05, 4.69) is 5.32 Å². The second kappa shape index (κ2) is 9.34. The maximum atomic E-state index is 12.2. The van der Waals surface area contributed by atoms with Gasteiger partial charge in [0, 0.05) is 51.9 Å². The molecular formula is C17H26ClNO5. The monoisotopic (exact) mass is 359 g/mol. The largest absolute Gasteiger partial charge is 0.353 e. The molecule has 0 unspecified atom stereocenters. The Kier molecular flexibility index (Phi) is 8.12. The molecule has 1 aromatic rings. The molecule has 1 rings (SSSR count). The molecule has 24 heavy (non-hydrogen) atoms. The van der Waals surface area contributed by atoms with E-state index in [1.165, 1.54) is 14.2 Å². The zero-order chi connectivity index (χ0) is 18.2. The SMILES string of the molecule is COC(C)(CCC(CNC(=O)c1ccc(Cl)cc1)(OC)OC)OC. The standard InChI is InChI=1S/C17H26ClNO5/c1-16(21-2,22-3)10-11-17(23-4,24-5)12-19-15(20)13-6-8-14(18)9-7-13/h6-9H,10-12H2,1-5H3,(H,19,20). The predicted molar refractivity (Wildman–Crippen MR) is 92.2 cm³/mol. The van der Waals surface area contributed by atoms with Crippen molar-refractivity contribution in [3.8, 4) is 0 Å². The Morgan fingerprint density at radius 3 is 2.00 bits per heavy atom. The number of amides is 1. The first-order chi connectivity index (χ1) is 11.3. The van der Waals surface area contributed by atoms with Crippen LogP contribution in [-0.4, -0.2) is 52.5 Å². The third kappa shape index (κ3) is 5.72. The fourth-order valence-corrected chi connectivity index (χ4v) is 2.27. The van der Waals surface area contributed by atoms with Crippen LogP contribution in [0.5, 0.6) is 0 Å². The Balaban J connectivity index is 2.70. The van der Waals surface area contributed by atoms with E-state index in [1.807, 2.05) is 6.92 Å². The second-order valence-electron chi connectivity index (χ2n) is 5.55. The zero-order valence-corrected chi connectivity index (χ0v) is 15.6. The van der Waals surface area contributed by atoms with Crippen molar-refractivity contribution in [3.63, 3.8) is 0 Å². The number of carbonyl (C=O) groups is 1. The minimum absolute atomic E-state index is 0.185. The van der Waals surface area contributed by atoms with Crippen molar-refractivity contribution >= 4 is 17.5 Å². The van der Waals surface area contributed by atoms with Crippen LogP contribution < -0.4 is 5.32 Å². The molecular weight excluding hydrogens is 334 g/mol. The minimum Gasteiger partial charge on any atom is -0.353 e. The van der Waals surface area contributed by atoms with Crippen molar-refractivity contribution in [1.29, 1.82) is 0 Å². The third-order valence-electron chi connectivity index (χ3n) is 4.19. The summed E-state index contributed by atoms with van der Waals surface area (Å²) in [7, 11) is 6.23. The molecule has 0 aliphatic rings. The lowest BCUT2D eigenvalue weighted by Crippen LogP contribution is -2.47. The van der Waals surface area contributed by atoms with Crippen LogP contribution in [0.2, 0.25) is 5.02 Å². The number of hydrogen-bond acceptors (Lipinski definition) is 5. The van der Waals surface area contributed by atoms with Crippen molar-refractivity contribution in [1.82, 2.24) is 5.32 Å². The number of nitrogens with one attached hydrogen (secondary N) is 1. The molecule has 0 atom stereocenters. The lowest BCUT2D eigenvalue weighted by atomic mass is 10.0. The molecule has 1 amide bonds. The average Bonchev–Trinajstić information content (AvgIpc) is 2.62. The first-order valence-corrected chi connectivity index (χ1v) is 7.96. The highest BCUT2D eigenvalue weighted by atomic mass is 35.5. The number of ether oxygens (including phenoxy) is 4. The summed E-state index contributed by atoms with van der Waals surface area (Å²) in [5.41, 5.74) is 0.513. The average molecular weight is 360 g/mol. The van der Waals surface area contributed by atoms with Crippen LogP contribution in [0, 0.1) is 0 Å². The van der Waals surface area contributed by atoms with Gasteiger partial charge in [-0.25, -0.2) is 0 Å². The van der Waals surface area contributed by atoms with Gasteiger partial charge < -0.3 is 24.3 Å². The van der Waals surface area contributed by atoms with Gasteiger partial charge in [0.25, 0.3) is 5.91 Å². The van der Waals surface area contributed by atoms with E-state index in [0.29, 0.717) is 23.4 Å². The molecule has 0 bridgehead atoms. The molecule has 0 fully saturated rings. The van der Waals surface area contributed by atoms with Crippen molar-refractivity contribution < 1.29 is 23.7 Å². The van der Waals surface area contributed by atoms with Gasteiger partial charge in [0.05, 0.1) is 6.54 Å². The Bertz CT molecular complexity index is 512. The van der Waals surface area contributed by atoms with Crippen LogP contribution in [0.4, 0.5) is 0 Å².